The highest BCUT2D eigenvalue weighted by Crippen LogP contribution is 2.36. The van der Waals surface area contributed by atoms with Crippen molar-refractivity contribution in [1.82, 2.24) is 0 Å². The lowest BCUT2D eigenvalue weighted by atomic mass is 9.89. The SMILES string of the molecule is C=C1CC(=O)[C@H](CC=CCCC(F)(F)C(=O)O)[C@H]1C=CC(O)CCCCC. The Morgan fingerprint density at radius 3 is 2.70 bits per heavy atom. The van der Waals surface area contributed by atoms with Crippen molar-refractivity contribution in [2.24, 2.45) is 11.8 Å². The average Bonchev–Trinajstić information content (AvgIpc) is 2.86. The summed E-state index contributed by atoms with van der Waals surface area (Å²) < 4.78 is 26.0. The highest BCUT2D eigenvalue weighted by molar-refractivity contribution is 5.87. The highest BCUT2D eigenvalue weighted by atomic mass is 19.3. The third kappa shape index (κ3) is 7.75. The minimum Gasteiger partial charge on any atom is -0.477 e. The fourth-order valence-corrected chi connectivity index (χ4v) is 3.19. The van der Waals surface area contributed by atoms with Gasteiger partial charge in [0, 0.05) is 24.7 Å². The van der Waals surface area contributed by atoms with Gasteiger partial charge in [-0.2, -0.15) is 8.78 Å². The molecule has 1 saturated carbocycles. The minimum absolute atomic E-state index is 0.0515. The lowest BCUT2D eigenvalue weighted by Crippen LogP contribution is -2.27. The second kappa shape index (κ2) is 11.1. The predicted octanol–water partition coefficient (Wildman–Crippen LogP) is 4.69. The van der Waals surface area contributed by atoms with Gasteiger partial charge in [-0.05, 0) is 19.3 Å². The number of hydrogen-bond acceptors (Lipinski definition) is 3. The number of carbonyl (C=O) groups is 2. The maximum absolute atomic E-state index is 13.0. The molecule has 4 nitrogen and oxygen atoms in total. The molecule has 1 aliphatic carbocycles. The first-order chi connectivity index (χ1) is 12.7. The number of aliphatic hydroxyl groups is 1. The van der Waals surface area contributed by atoms with E-state index in [9.17, 15) is 23.5 Å². The Labute approximate surface area is 159 Å². The molecule has 27 heavy (non-hydrogen) atoms. The molecule has 1 unspecified atom stereocenters. The molecule has 3 atom stereocenters. The van der Waals surface area contributed by atoms with Gasteiger partial charge in [0.1, 0.15) is 5.78 Å². The molecule has 2 N–H and O–H groups in total. The lowest BCUT2D eigenvalue weighted by Gasteiger charge is -2.15. The molecule has 6 heteroatoms. The van der Waals surface area contributed by atoms with Crippen molar-refractivity contribution in [2.75, 3.05) is 0 Å². The number of allylic oxidation sites excluding steroid dienone is 4. The van der Waals surface area contributed by atoms with Crippen molar-refractivity contribution in [3.63, 3.8) is 0 Å². The molecule has 0 radical (unpaired) electrons. The number of carboxylic acid groups (broad SMARTS) is 1. The first-order valence-corrected chi connectivity index (χ1v) is 9.52. The summed E-state index contributed by atoms with van der Waals surface area (Å²) in [5.74, 6) is -6.28. The minimum atomic E-state index is -3.74. The Hall–Kier alpha value is -1.82. The van der Waals surface area contributed by atoms with Crippen LogP contribution in [0.5, 0.6) is 0 Å². The van der Waals surface area contributed by atoms with Crippen LogP contribution in [0.15, 0.2) is 36.5 Å². The molecule has 0 amide bonds. The van der Waals surface area contributed by atoms with E-state index in [4.69, 9.17) is 5.11 Å². The molecule has 0 saturated heterocycles. The quantitative estimate of drug-likeness (QED) is 0.378. The van der Waals surface area contributed by atoms with E-state index < -0.39 is 24.4 Å². The van der Waals surface area contributed by atoms with Gasteiger partial charge in [0.15, 0.2) is 0 Å². The van der Waals surface area contributed by atoms with Gasteiger partial charge in [-0.3, -0.25) is 4.79 Å². The largest absolute Gasteiger partial charge is 0.477 e. The number of carbonyl (C=O) groups excluding carboxylic acids is 1. The van der Waals surface area contributed by atoms with Gasteiger partial charge in [0.05, 0.1) is 6.10 Å². The maximum Gasteiger partial charge on any atom is 0.374 e. The molecule has 0 bridgehead atoms. The number of hydrogen-bond donors (Lipinski definition) is 2. The molecule has 1 rings (SSSR count). The standard InChI is InChI=1S/C21H30F2O4/c1-3-4-6-9-16(24)11-12-17-15(2)14-19(25)18(17)10-7-5-8-13-21(22,23)20(26)27/h5,7,11-12,16-18,24H,2-4,6,8-10,13-14H2,1H3,(H,26,27)/t16?,17-,18+/m0/s1. The highest BCUT2D eigenvalue weighted by Gasteiger charge is 2.37. The smallest absolute Gasteiger partial charge is 0.374 e. The van der Waals surface area contributed by atoms with E-state index in [0.29, 0.717) is 12.8 Å². The molecule has 0 aliphatic heterocycles. The van der Waals surface area contributed by atoms with E-state index >= 15 is 0 Å². The molecular formula is C21H30F2O4. The molecule has 1 aliphatic rings. The summed E-state index contributed by atoms with van der Waals surface area (Å²) in [5, 5.41) is 18.4. The van der Waals surface area contributed by atoms with Gasteiger partial charge in [0.2, 0.25) is 0 Å². The van der Waals surface area contributed by atoms with Crippen LogP contribution in [-0.2, 0) is 9.59 Å². The summed E-state index contributed by atoms with van der Waals surface area (Å²) in [5.41, 5.74) is 0.799. The number of unbranched alkanes of at least 4 members (excludes halogenated alkanes) is 2. The Bertz CT molecular complexity index is 581. The van der Waals surface area contributed by atoms with Gasteiger partial charge >= 0.3 is 11.9 Å². The van der Waals surface area contributed by atoms with E-state index in [1.165, 1.54) is 6.08 Å². The van der Waals surface area contributed by atoms with Crippen LogP contribution < -0.4 is 0 Å². The number of alkyl halides is 2. The van der Waals surface area contributed by atoms with Crippen molar-refractivity contribution in [1.29, 1.82) is 0 Å². The third-order valence-electron chi connectivity index (χ3n) is 4.86. The number of ketones is 1. The molecular weight excluding hydrogens is 354 g/mol. The summed E-state index contributed by atoms with van der Waals surface area (Å²) >= 11 is 0. The molecule has 1 fully saturated rings. The molecule has 152 valence electrons. The molecule has 0 aromatic heterocycles. The van der Waals surface area contributed by atoms with E-state index in [0.717, 1.165) is 24.8 Å². The van der Waals surface area contributed by atoms with E-state index in [1.54, 1.807) is 12.2 Å². The van der Waals surface area contributed by atoms with Crippen molar-refractivity contribution >= 4 is 11.8 Å². The number of aliphatic carboxylic acids is 1. The Morgan fingerprint density at radius 2 is 2.07 bits per heavy atom. The van der Waals surface area contributed by atoms with Crippen LogP contribution in [-0.4, -0.2) is 34.0 Å². The van der Waals surface area contributed by atoms with E-state index in [2.05, 4.69) is 13.5 Å². The number of halogens is 2. The normalized spacial score (nSPS) is 22.2. The summed E-state index contributed by atoms with van der Waals surface area (Å²) in [6.07, 6.45) is 9.75. The van der Waals surface area contributed by atoms with Crippen LogP contribution in [0.2, 0.25) is 0 Å². The number of Topliss-reactive ketones (excluding diaryl/α,β-unsaturated/α-hetero) is 1. The maximum atomic E-state index is 13.0. The number of aliphatic hydroxyl groups excluding tert-OH is 1. The van der Waals surface area contributed by atoms with Crippen LogP contribution in [0.4, 0.5) is 8.78 Å². The Balaban J connectivity index is 2.56. The molecule has 0 spiro atoms. The van der Waals surface area contributed by atoms with Crippen molar-refractivity contribution in [3.8, 4) is 0 Å². The third-order valence-corrected chi connectivity index (χ3v) is 4.86. The van der Waals surface area contributed by atoms with Crippen LogP contribution in [0.25, 0.3) is 0 Å². The van der Waals surface area contributed by atoms with Crippen LogP contribution in [0, 0.1) is 11.8 Å². The summed E-state index contributed by atoms with van der Waals surface area (Å²) in [7, 11) is 0. The fourth-order valence-electron chi connectivity index (χ4n) is 3.19. The lowest BCUT2D eigenvalue weighted by molar-refractivity contribution is -0.165. The molecule has 0 aromatic carbocycles. The second-order valence-electron chi connectivity index (χ2n) is 7.14. The zero-order valence-electron chi connectivity index (χ0n) is 15.9. The summed E-state index contributed by atoms with van der Waals surface area (Å²) in [4.78, 5) is 22.5. The second-order valence-corrected chi connectivity index (χ2v) is 7.14. The molecule has 0 heterocycles. The Morgan fingerprint density at radius 1 is 1.37 bits per heavy atom. The Kier molecular flexibility index (Phi) is 9.56. The zero-order chi connectivity index (χ0) is 20.4. The van der Waals surface area contributed by atoms with Crippen LogP contribution in [0.3, 0.4) is 0 Å². The van der Waals surface area contributed by atoms with Gasteiger partial charge in [-0.1, -0.05) is 62.6 Å². The van der Waals surface area contributed by atoms with Crippen LogP contribution >= 0.6 is 0 Å². The van der Waals surface area contributed by atoms with Crippen LogP contribution in [0.1, 0.15) is 58.3 Å². The zero-order valence-corrected chi connectivity index (χ0v) is 15.9. The first-order valence-electron chi connectivity index (χ1n) is 9.52. The van der Waals surface area contributed by atoms with Crippen molar-refractivity contribution < 1.29 is 28.6 Å². The van der Waals surface area contributed by atoms with Crippen molar-refractivity contribution in [2.45, 2.75) is 70.3 Å². The first kappa shape index (κ1) is 23.2. The van der Waals surface area contributed by atoms with E-state index in [-0.39, 0.29) is 30.5 Å². The van der Waals surface area contributed by atoms with Gasteiger partial charge in [-0.25, -0.2) is 4.79 Å². The average molecular weight is 384 g/mol. The fraction of sp³-hybridized carbons (Fsp3) is 0.619. The predicted molar refractivity (Wildman–Crippen MR) is 101 cm³/mol. The van der Waals surface area contributed by atoms with Gasteiger partial charge in [0.25, 0.3) is 0 Å². The van der Waals surface area contributed by atoms with Gasteiger partial charge < -0.3 is 10.2 Å². The van der Waals surface area contributed by atoms with E-state index in [1.807, 2.05) is 6.08 Å². The monoisotopic (exact) mass is 384 g/mol. The number of rotatable bonds is 12. The summed E-state index contributed by atoms with van der Waals surface area (Å²) in [6.45, 7) is 6.04. The van der Waals surface area contributed by atoms with Crippen molar-refractivity contribution in [3.05, 3.63) is 36.5 Å². The number of carboxylic acids is 1. The molecule has 0 aromatic rings. The van der Waals surface area contributed by atoms with Gasteiger partial charge in [-0.15, -0.1) is 0 Å². The summed E-state index contributed by atoms with van der Waals surface area (Å²) in [6, 6.07) is 0. The topological polar surface area (TPSA) is 74.6 Å².